The molecule has 0 aliphatic carbocycles. The van der Waals surface area contributed by atoms with Crippen molar-refractivity contribution in [1.29, 1.82) is 0 Å². The molecule has 0 bridgehead atoms. The summed E-state index contributed by atoms with van der Waals surface area (Å²) in [6, 6.07) is 4.40. The van der Waals surface area contributed by atoms with Gasteiger partial charge in [0, 0.05) is 13.1 Å². The fourth-order valence-corrected chi connectivity index (χ4v) is 2.96. The predicted molar refractivity (Wildman–Crippen MR) is 82.0 cm³/mol. The van der Waals surface area contributed by atoms with Gasteiger partial charge in [0.2, 0.25) is 0 Å². The third-order valence-corrected chi connectivity index (χ3v) is 4.05. The van der Waals surface area contributed by atoms with Crippen LogP contribution >= 0.6 is 11.6 Å². The predicted octanol–water partition coefficient (Wildman–Crippen LogP) is 3.69. The van der Waals surface area contributed by atoms with Crippen LogP contribution in [0.25, 0.3) is 0 Å². The molecular weight excluding hydrogens is 292 g/mol. The van der Waals surface area contributed by atoms with E-state index in [-0.39, 0.29) is 22.3 Å². The van der Waals surface area contributed by atoms with Crippen LogP contribution in [0.15, 0.2) is 18.2 Å². The lowest BCUT2D eigenvalue weighted by Gasteiger charge is -2.18. The first-order chi connectivity index (χ1) is 10.0. The normalized spacial score (nSPS) is 17.8. The molecule has 2 N–H and O–H groups in total. The smallest absolute Gasteiger partial charge is 0.339 e. The number of benzene rings is 1. The lowest BCUT2D eigenvalue weighted by Crippen LogP contribution is -2.33. The number of halogens is 1. The van der Waals surface area contributed by atoms with Crippen molar-refractivity contribution < 1.29 is 14.7 Å². The fourth-order valence-electron chi connectivity index (χ4n) is 2.70. The number of carbonyl (C=O) groups is 2. The van der Waals surface area contributed by atoms with Gasteiger partial charge in [-0.25, -0.2) is 9.59 Å². The molecule has 1 fully saturated rings. The van der Waals surface area contributed by atoms with E-state index in [0.717, 1.165) is 25.8 Å². The minimum atomic E-state index is -1.15. The van der Waals surface area contributed by atoms with Gasteiger partial charge in [-0.2, -0.15) is 0 Å². The van der Waals surface area contributed by atoms with Crippen LogP contribution in [0, 0.1) is 5.92 Å². The third-order valence-electron chi connectivity index (χ3n) is 3.74. The summed E-state index contributed by atoms with van der Waals surface area (Å²) in [6.45, 7) is 3.57. The first-order valence-corrected chi connectivity index (χ1v) is 7.48. The molecule has 21 heavy (non-hydrogen) atoms. The molecule has 1 atom stereocenters. The minimum absolute atomic E-state index is 0.0724. The highest BCUT2D eigenvalue weighted by Crippen LogP contribution is 2.26. The number of carboxylic acid groups (broad SMARTS) is 1. The number of aromatic carboxylic acids is 1. The van der Waals surface area contributed by atoms with E-state index in [4.69, 9.17) is 11.6 Å². The van der Waals surface area contributed by atoms with E-state index < -0.39 is 5.97 Å². The summed E-state index contributed by atoms with van der Waals surface area (Å²) in [5, 5.41) is 12.0. The Morgan fingerprint density at radius 2 is 2.24 bits per heavy atom. The molecule has 1 saturated heterocycles. The van der Waals surface area contributed by atoms with Gasteiger partial charge in [0.15, 0.2) is 0 Å². The van der Waals surface area contributed by atoms with Crippen molar-refractivity contribution in [3.05, 3.63) is 28.8 Å². The second kappa shape index (κ2) is 6.80. The highest BCUT2D eigenvalue weighted by atomic mass is 35.5. The number of hydrogen-bond donors (Lipinski definition) is 2. The highest BCUT2D eigenvalue weighted by Gasteiger charge is 2.26. The molecule has 1 aliphatic heterocycles. The Hall–Kier alpha value is -1.75. The Balaban J connectivity index is 2.07. The third kappa shape index (κ3) is 3.67. The van der Waals surface area contributed by atoms with E-state index >= 15 is 0 Å². The minimum Gasteiger partial charge on any atom is -0.478 e. The fraction of sp³-hybridized carbons (Fsp3) is 0.467. The number of anilines is 1. The molecule has 0 spiro atoms. The Labute approximate surface area is 128 Å². The van der Waals surface area contributed by atoms with Crippen molar-refractivity contribution in [3.63, 3.8) is 0 Å². The zero-order chi connectivity index (χ0) is 15.4. The molecule has 0 radical (unpaired) electrons. The summed E-state index contributed by atoms with van der Waals surface area (Å²) in [5.74, 6) is -0.611. The Bertz CT molecular complexity index is 548. The largest absolute Gasteiger partial charge is 0.478 e. The lowest BCUT2D eigenvalue weighted by molar-refractivity contribution is 0.0698. The van der Waals surface area contributed by atoms with Crippen molar-refractivity contribution >= 4 is 29.3 Å². The van der Waals surface area contributed by atoms with Gasteiger partial charge >= 0.3 is 12.0 Å². The molecule has 1 aromatic rings. The molecule has 0 saturated carbocycles. The molecule has 2 rings (SSSR count). The molecule has 5 nitrogen and oxygen atoms in total. The van der Waals surface area contributed by atoms with Gasteiger partial charge in [0.1, 0.15) is 5.56 Å². The second-order valence-corrected chi connectivity index (χ2v) is 5.69. The topological polar surface area (TPSA) is 69.6 Å². The average Bonchev–Trinajstić information content (AvgIpc) is 2.87. The molecule has 1 unspecified atom stereocenters. The Morgan fingerprint density at radius 3 is 2.90 bits per heavy atom. The lowest BCUT2D eigenvalue weighted by atomic mass is 10.0. The number of urea groups is 1. The summed E-state index contributed by atoms with van der Waals surface area (Å²) in [7, 11) is 0. The number of hydrogen-bond acceptors (Lipinski definition) is 2. The molecule has 6 heteroatoms. The maximum atomic E-state index is 12.2. The van der Waals surface area contributed by atoms with Crippen molar-refractivity contribution in [2.24, 2.45) is 5.92 Å². The zero-order valence-corrected chi connectivity index (χ0v) is 12.7. The van der Waals surface area contributed by atoms with Gasteiger partial charge < -0.3 is 15.3 Å². The van der Waals surface area contributed by atoms with E-state index in [0.29, 0.717) is 12.5 Å². The van der Waals surface area contributed by atoms with Crippen LogP contribution < -0.4 is 5.32 Å². The van der Waals surface area contributed by atoms with Gasteiger partial charge in [-0.05, 0) is 30.9 Å². The monoisotopic (exact) mass is 310 g/mol. The molecule has 1 heterocycles. The second-order valence-electron chi connectivity index (χ2n) is 5.29. The van der Waals surface area contributed by atoms with E-state index in [9.17, 15) is 14.7 Å². The van der Waals surface area contributed by atoms with Crippen LogP contribution in [0.2, 0.25) is 5.02 Å². The maximum absolute atomic E-state index is 12.2. The average molecular weight is 311 g/mol. The van der Waals surface area contributed by atoms with Gasteiger partial charge in [-0.3, -0.25) is 0 Å². The van der Waals surface area contributed by atoms with Crippen molar-refractivity contribution in [2.75, 3.05) is 18.4 Å². The maximum Gasteiger partial charge on any atom is 0.339 e. The standard InChI is InChI=1S/C15H19ClN2O3/c1-2-4-10-7-8-18(9-10)15(21)17-12-6-3-5-11(16)13(12)14(19)20/h3,5-6,10H,2,4,7-9H2,1H3,(H,17,21)(H,19,20). The van der Waals surface area contributed by atoms with Crippen LogP contribution in [0.1, 0.15) is 36.5 Å². The van der Waals surface area contributed by atoms with Crippen LogP contribution in [-0.4, -0.2) is 35.1 Å². The number of nitrogens with zero attached hydrogens (tertiary/aromatic N) is 1. The summed E-state index contributed by atoms with van der Waals surface area (Å²) in [6.07, 6.45) is 3.22. The van der Waals surface area contributed by atoms with E-state index in [1.807, 2.05) is 0 Å². The van der Waals surface area contributed by atoms with Crippen LogP contribution in [0.5, 0.6) is 0 Å². The molecule has 114 valence electrons. The highest BCUT2D eigenvalue weighted by molar-refractivity contribution is 6.34. The number of likely N-dealkylation sites (tertiary alicyclic amines) is 1. The molecule has 2 amide bonds. The van der Waals surface area contributed by atoms with Crippen LogP contribution in [0.4, 0.5) is 10.5 Å². The summed E-state index contributed by atoms with van der Waals surface area (Å²) in [5.41, 5.74) is 0.163. The zero-order valence-electron chi connectivity index (χ0n) is 11.9. The molecule has 1 aliphatic rings. The summed E-state index contributed by atoms with van der Waals surface area (Å²) >= 11 is 5.89. The van der Waals surface area contributed by atoms with E-state index in [1.54, 1.807) is 17.0 Å². The first-order valence-electron chi connectivity index (χ1n) is 7.10. The molecular formula is C15H19ClN2O3. The SMILES string of the molecule is CCCC1CCN(C(=O)Nc2cccc(Cl)c2C(=O)O)C1. The quantitative estimate of drug-likeness (QED) is 0.891. The number of nitrogens with one attached hydrogen (secondary N) is 1. The Kier molecular flexibility index (Phi) is 5.07. The van der Waals surface area contributed by atoms with Crippen molar-refractivity contribution in [2.45, 2.75) is 26.2 Å². The van der Waals surface area contributed by atoms with Gasteiger partial charge in [0.05, 0.1) is 10.7 Å². The molecule has 1 aromatic carbocycles. The Morgan fingerprint density at radius 1 is 1.48 bits per heavy atom. The first kappa shape index (κ1) is 15.6. The number of rotatable bonds is 4. The van der Waals surface area contributed by atoms with E-state index in [1.165, 1.54) is 6.07 Å². The van der Waals surface area contributed by atoms with Crippen LogP contribution in [-0.2, 0) is 0 Å². The van der Waals surface area contributed by atoms with Crippen LogP contribution in [0.3, 0.4) is 0 Å². The summed E-state index contributed by atoms with van der Waals surface area (Å²) in [4.78, 5) is 25.2. The number of amides is 2. The summed E-state index contributed by atoms with van der Waals surface area (Å²) < 4.78 is 0. The number of carbonyl (C=O) groups excluding carboxylic acids is 1. The van der Waals surface area contributed by atoms with E-state index in [2.05, 4.69) is 12.2 Å². The van der Waals surface area contributed by atoms with Crippen molar-refractivity contribution in [1.82, 2.24) is 4.90 Å². The van der Waals surface area contributed by atoms with Gasteiger partial charge in [-0.1, -0.05) is 31.0 Å². The molecule has 0 aromatic heterocycles. The van der Waals surface area contributed by atoms with Gasteiger partial charge in [-0.15, -0.1) is 0 Å². The number of carboxylic acids is 1. The van der Waals surface area contributed by atoms with Crippen molar-refractivity contribution in [3.8, 4) is 0 Å². The van der Waals surface area contributed by atoms with Gasteiger partial charge in [0.25, 0.3) is 0 Å².